The van der Waals surface area contributed by atoms with E-state index in [4.69, 9.17) is 0 Å². The van der Waals surface area contributed by atoms with E-state index in [1.807, 2.05) is 60.7 Å². The number of nitrogens with zero attached hydrogens (tertiary/aromatic N) is 1. The lowest BCUT2D eigenvalue weighted by Gasteiger charge is -2.25. The van der Waals surface area contributed by atoms with E-state index in [0.29, 0.717) is 0 Å². The van der Waals surface area contributed by atoms with Crippen molar-refractivity contribution >= 4 is 33.0 Å². The molecule has 3 heteroatoms. The predicted molar refractivity (Wildman–Crippen MR) is 90.5 cm³/mol. The number of rotatable bonds is 3. The number of aromatic hydroxyl groups is 1. The molecule has 104 valence electrons. The van der Waals surface area contributed by atoms with Crippen LogP contribution in [-0.4, -0.2) is 5.11 Å². The van der Waals surface area contributed by atoms with Crippen LogP contribution in [0, 0.1) is 0 Å². The zero-order chi connectivity index (χ0) is 14.7. The molecular formula is C18H14BrNO. The van der Waals surface area contributed by atoms with Crippen LogP contribution in [0.15, 0.2) is 83.3 Å². The predicted octanol–water partition coefficient (Wildman–Crippen LogP) is 5.62. The fraction of sp³-hybridized carbons (Fsp3) is 0. The average Bonchev–Trinajstić information content (AvgIpc) is 2.49. The van der Waals surface area contributed by atoms with Gasteiger partial charge in [-0.2, -0.15) is 0 Å². The lowest BCUT2D eigenvalue weighted by Crippen LogP contribution is -2.09. The van der Waals surface area contributed by atoms with Gasteiger partial charge in [-0.05, 0) is 42.5 Å². The Bertz CT molecular complexity index is 697. The van der Waals surface area contributed by atoms with Crippen LogP contribution >= 0.6 is 15.9 Å². The van der Waals surface area contributed by atoms with Crippen LogP contribution < -0.4 is 4.90 Å². The molecule has 0 aliphatic carbocycles. The standard InChI is InChI=1S/C18H14BrNO/c19-14-6-4-9-16(12-14)20(15-7-2-1-3-8-15)17-10-5-11-18(21)13-17/h1-13,21H. The SMILES string of the molecule is Oc1cccc(N(c2ccccc2)c2cccc(Br)c2)c1. The van der Waals surface area contributed by atoms with Crippen LogP contribution in [0.4, 0.5) is 17.1 Å². The van der Waals surface area contributed by atoms with Crippen molar-refractivity contribution in [1.29, 1.82) is 0 Å². The molecule has 0 amide bonds. The van der Waals surface area contributed by atoms with E-state index < -0.39 is 0 Å². The van der Waals surface area contributed by atoms with Crippen molar-refractivity contribution in [2.75, 3.05) is 4.90 Å². The topological polar surface area (TPSA) is 23.5 Å². The van der Waals surface area contributed by atoms with Gasteiger partial charge in [0.05, 0.1) is 0 Å². The molecule has 3 aromatic carbocycles. The first kappa shape index (κ1) is 13.7. The Balaban J connectivity index is 2.16. The minimum atomic E-state index is 0.253. The third-order valence-electron chi connectivity index (χ3n) is 3.17. The lowest BCUT2D eigenvalue weighted by atomic mass is 10.2. The maximum atomic E-state index is 9.77. The fourth-order valence-electron chi connectivity index (χ4n) is 2.27. The molecule has 2 nitrogen and oxygen atoms in total. The average molecular weight is 340 g/mol. The number of halogens is 1. The maximum absolute atomic E-state index is 9.77. The molecule has 0 unspecified atom stereocenters. The van der Waals surface area contributed by atoms with Crippen molar-refractivity contribution in [3.8, 4) is 5.75 Å². The van der Waals surface area contributed by atoms with Gasteiger partial charge in [-0.1, -0.05) is 46.3 Å². The summed E-state index contributed by atoms with van der Waals surface area (Å²) in [4.78, 5) is 2.10. The number of phenolic OH excluding ortho intramolecular Hbond substituents is 1. The third-order valence-corrected chi connectivity index (χ3v) is 3.66. The van der Waals surface area contributed by atoms with E-state index in [0.717, 1.165) is 21.5 Å². The van der Waals surface area contributed by atoms with Crippen molar-refractivity contribution in [3.63, 3.8) is 0 Å². The van der Waals surface area contributed by atoms with Gasteiger partial charge in [0.1, 0.15) is 5.75 Å². The highest BCUT2D eigenvalue weighted by molar-refractivity contribution is 9.10. The summed E-state index contributed by atoms with van der Waals surface area (Å²) in [5, 5.41) is 9.77. The molecule has 0 spiro atoms. The zero-order valence-electron chi connectivity index (χ0n) is 11.3. The number of phenols is 1. The molecule has 0 aliphatic rings. The number of hydrogen-bond acceptors (Lipinski definition) is 2. The van der Waals surface area contributed by atoms with Gasteiger partial charge in [0.15, 0.2) is 0 Å². The molecule has 0 saturated carbocycles. The Morgan fingerprint density at radius 3 is 1.95 bits per heavy atom. The highest BCUT2D eigenvalue weighted by atomic mass is 79.9. The first-order valence-corrected chi connectivity index (χ1v) is 7.43. The van der Waals surface area contributed by atoms with Crippen LogP contribution in [0.1, 0.15) is 0 Å². The second-order valence-corrected chi connectivity index (χ2v) is 5.59. The number of para-hydroxylation sites is 1. The largest absolute Gasteiger partial charge is 0.508 e. The number of anilines is 3. The molecule has 0 fully saturated rings. The Hall–Kier alpha value is -2.26. The van der Waals surface area contributed by atoms with E-state index in [2.05, 4.69) is 26.9 Å². The van der Waals surface area contributed by atoms with Crippen LogP contribution in [0.25, 0.3) is 0 Å². The molecule has 0 saturated heterocycles. The van der Waals surface area contributed by atoms with Crippen molar-refractivity contribution < 1.29 is 5.11 Å². The lowest BCUT2D eigenvalue weighted by molar-refractivity contribution is 0.475. The quantitative estimate of drug-likeness (QED) is 0.668. The molecule has 0 aromatic heterocycles. The summed E-state index contributed by atoms with van der Waals surface area (Å²) >= 11 is 3.51. The fourth-order valence-corrected chi connectivity index (χ4v) is 2.66. The first-order valence-electron chi connectivity index (χ1n) is 6.64. The summed E-state index contributed by atoms with van der Waals surface area (Å²) in [5.74, 6) is 0.253. The van der Waals surface area contributed by atoms with E-state index in [1.54, 1.807) is 12.1 Å². The summed E-state index contributed by atoms with van der Waals surface area (Å²) in [6.45, 7) is 0. The maximum Gasteiger partial charge on any atom is 0.117 e. The Morgan fingerprint density at radius 1 is 0.667 bits per heavy atom. The monoisotopic (exact) mass is 339 g/mol. The third kappa shape index (κ3) is 3.09. The van der Waals surface area contributed by atoms with Crippen LogP contribution in [0.2, 0.25) is 0 Å². The van der Waals surface area contributed by atoms with E-state index in [1.165, 1.54) is 0 Å². The molecule has 3 aromatic rings. The van der Waals surface area contributed by atoms with Crippen molar-refractivity contribution in [3.05, 3.63) is 83.3 Å². The van der Waals surface area contributed by atoms with Gasteiger partial charge in [0, 0.05) is 27.6 Å². The smallest absolute Gasteiger partial charge is 0.117 e. The molecule has 0 radical (unpaired) electrons. The molecule has 0 aliphatic heterocycles. The molecule has 0 heterocycles. The zero-order valence-corrected chi connectivity index (χ0v) is 12.9. The van der Waals surface area contributed by atoms with E-state index >= 15 is 0 Å². The molecular weight excluding hydrogens is 326 g/mol. The highest BCUT2D eigenvalue weighted by Crippen LogP contribution is 2.36. The van der Waals surface area contributed by atoms with Crippen LogP contribution in [0.3, 0.4) is 0 Å². The van der Waals surface area contributed by atoms with Gasteiger partial charge < -0.3 is 10.0 Å². The van der Waals surface area contributed by atoms with Gasteiger partial charge in [0.2, 0.25) is 0 Å². The normalized spacial score (nSPS) is 10.3. The van der Waals surface area contributed by atoms with E-state index in [-0.39, 0.29) is 5.75 Å². The van der Waals surface area contributed by atoms with Gasteiger partial charge in [-0.3, -0.25) is 0 Å². The number of benzene rings is 3. The summed E-state index contributed by atoms with van der Waals surface area (Å²) in [5.41, 5.74) is 2.99. The van der Waals surface area contributed by atoms with Gasteiger partial charge >= 0.3 is 0 Å². The Kier molecular flexibility index (Phi) is 3.93. The van der Waals surface area contributed by atoms with E-state index in [9.17, 15) is 5.11 Å². The van der Waals surface area contributed by atoms with Gasteiger partial charge in [-0.25, -0.2) is 0 Å². The second-order valence-electron chi connectivity index (χ2n) is 4.67. The van der Waals surface area contributed by atoms with Gasteiger partial charge in [0.25, 0.3) is 0 Å². The summed E-state index contributed by atoms with van der Waals surface area (Å²) in [6, 6.07) is 25.4. The van der Waals surface area contributed by atoms with Crippen LogP contribution in [0.5, 0.6) is 5.75 Å². The summed E-state index contributed by atoms with van der Waals surface area (Å²) in [7, 11) is 0. The molecule has 1 N–H and O–H groups in total. The summed E-state index contributed by atoms with van der Waals surface area (Å²) < 4.78 is 1.01. The molecule has 21 heavy (non-hydrogen) atoms. The molecule has 0 bridgehead atoms. The highest BCUT2D eigenvalue weighted by Gasteiger charge is 2.12. The molecule has 0 atom stereocenters. The van der Waals surface area contributed by atoms with Crippen LogP contribution in [-0.2, 0) is 0 Å². The van der Waals surface area contributed by atoms with Crippen molar-refractivity contribution in [2.24, 2.45) is 0 Å². The van der Waals surface area contributed by atoms with Crippen molar-refractivity contribution in [2.45, 2.75) is 0 Å². The molecule has 3 rings (SSSR count). The minimum absolute atomic E-state index is 0.253. The van der Waals surface area contributed by atoms with Crippen molar-refractivity contribution in [1.82, 2.24) is 0 Å². The van der Waals surface area contributed by atoms with Gasteiger partial charge in [-0.15, -0.1) is 0 Å². The summed E-state index contributed by atoms with van der Waals surface area (Å²) in [6.07, 6.45) is 0. The number of hydrogen-bond donors (Lipinski definition) is 1. The Morgan fingerprint density at radius 2 is 1.29 bits per heavy atom. The first-order chi connectivity index (χ1) is 10.2. The Labute approximate surface area is 132 Å². The second kappa shape index (κ2) is 6.02. The minimum Gasteiger partial charge on any atom is -0.508 e.